The zero-order valence-corrected chi connectivity index (χ0v) is 14.5. The minimum absolute atomic E-state index is 0.293. The summed E-state index contributed by atoms with van der Waals surface area (Å²) in [6.07, 6.45) is 3.32. The largest absolute Gasteiger partial charge is 0.383 e. The zero-order chi connectivity index (χ0) is 16.9. The molecular weight excluding hydrogens is 312 g/mol. The van der Waals surface area contributed by atoms with Gasteiger partial charge in [0.1, 0.15) is 0 Å². The number of ether oxygens (including phenoxy) is 1. The van der Waals surface area contributed by atoms with E-state index in [9.17, 15) is 8.42 Å². The van der Waals surface area contributed by atoms with E-state index in [0.29, 0.717) is 24.6 Å². The first-order valence-electron chi connectivity index (χ1n) is 7.40. The van der Waals surface area contributed by atoms with E-state index in [4.69, 9.17) is 4.74 Å². The third kappa shape index (κ3) is 4.37. The molecule has 0 aliphatic rings. The average molecular weight is 334 g/mol. The predicted octanol–water partition coefficient (Wildman–Crippen LogP) is 2.54. The summed E-state index contributed by atoms with van der Waals surface area (Å²) < 4.78 is 32.4. The van der Waals surface area contributed by atoms with E-state index in [1.807, 2.05) is 32.0 Å². The van der Waals surface area contributed by atoms with E-state index in [1.165, 1.54) is 4.31 Å². The van der Waals surface area contributed by atoms with E-state index in [1.54, 1.807) is 31.6 Å². The molecule has 0 atom stereocenters. The van der Waals surface area contributed by atoms with Crippen molar-refractivity contribution in [1.29, 1.82) is 0 Å². The number of rotatable bonds is 7. The topological polar surface area (TPSA) is 59.5 Å². The van der Waals surface area contributed by atoms with Crippen molar-refractivity contribution in [3.8, 4) is 0 Å². The van der Waals surface area contributed by atoms with Crippen LogP contribution in [0.2, 0.25) is 0 Å². The number of methoxy groups -OCH3 is 1. The summed E-state index contributed by atoms with van der Waals surface area (Å²) in [7, 11) is -2.02. The quantitative estimate of drug-likeness (QED) is 0.781. The monoisotopic (exact) mass is 334 g/mol. The van der Waals surface area contributed by atoms with Crippen molar-refractivity contribution in [2.24, 2.45) is 0 Å². The SMILES string of the molecule is COCCN(Cc1ccncc1)S(=O)(=O)c1ccc(C)c(C)c1. The summed E-state index contributed by atoms with van der Waals surface area (Å²) in [5.74, 6) is 0. The Balaban J connectivity index is 2.34. The van der Waals surface area contributed by atoms with Crippen LogP contribution in [-0.2, 0) is 21.3 Å². The highest BCUT2D eigenvalue weighted by molar-refractivity contribution is 7.89. The van der Waals surface area contributed by atoms with Gasteiger partial charge in [-0.05, 0) is 54.8 Å². The molecule has 1 aromatic carbocycles. The van der Waals surface area contributed by atoms with Crippen molar-refractivity contribution in [1.82, 2.24) is 9.29 Å². The fraction of sp³-hybridized carbons (Fsp3) is 0.353. The first-order valence-corrected chi connectivity index (χ1v) is 8.84. The Morgan fingerprint density at radius 3 is 2.39 bits per heavy atom. The number of pyridine rings is 1. The summed E-state index contributed by atoms with van der Waals surface area (Å²) in [4.78, 5) is 4.27. The van der Waals surface area contributed by atoms with Gasteiger partial charge in [0.15, 0.2) is 0 Å². The van der Waals surface area contributed by atoms with Gasteiger partial charge in [0, 0.05) is 32.6 Å². The van der Waals surface area contributed by atoms with E-state index in [2.05, 4.69) is 4.98 Å². The van der Waals surface area contributed by atoms with Crippen LogP contribution in [0.15, 0.2) is 47.6 Å². The average Bonchev–Trinajstić information content (AvgIpc) is 2.54. The first kappa shape index (κ1) is 17.6. The van der Waals surface area contributed by atoms with Crippen LogP contribution >= 0.6 is 0 Å². The number of aromatic nitrogens is 1. The van der Waals surface area contributed by atoms with E-state index in [-0.39, 0.29) is 0 Å². The maximum atomic E-state index is 13.0. The molecular formula is C17H22N2O3S. The van der Waals surface area contributed by atoms with Crippen LogP contribution in [0, 0.1) is 13.8 Å². The van der Waals surface area contributed by atoms with Gasteiger partial charge in [-0.1, -0.05) is 6.07 Å². The molecule has 0 radical (unpaired) electrons. The van der Waals surface area contributed by atoms with Crippen LogP contribution < -0.4 is 0 Å². The minimum Gasteiger partial charge on any atom is -0.383 e. The Hall–Kier alpha value is -1.76. The number of aryl methyl sites for hydroxylation is 2. The summed E-state index contributed by atoms with van der Waals surface area (Å²) in [6.45, 7) is 4.81. The van der Waals surface area contributed by atoms with Gasteiger partial charge in [0.05, 0.1) is 11.5 Å². The van der Waals surface area contributed by atoms with Crippen LogP contribution in [0.1, 0.15) is 16.7 Å². The summed E-state index contributed by atoms with van der Waals surface area (Å²) in [6, 6.07) is 8.84. The molecule has 6 heteroatoms. The number of hydrogen-bond acceptors (Lipinski definition) is 4. The highest BCUT2D eigenvalue weighted by atomic mass is 32.2. The normalized spacial score (nSPS) is 11.8. The van der Waals surface area contributed by atoms with Crippen molar-refractivity contribution < 1.29 is 13.2 Å². The molecule has 0 aliphatic carbocycles. The van der Waals surface area contributed by atoms with Gasteiger partial charge >= 0.3 is 0 Å². The Labute approximate surface area is 138 Å². The minimum atomic E-state index is -3.58. The second kappa shape index (κ2) is 7.68. The molecule has 2 aromatic rings. The zero-order valence-electron chi connectivity index (χ0n) is 13.7. The molecule has 124 valence electrons. The number of hydrogen-bond donors (Lipinski definition) is 0. The highest BCUT2D eigenvalue weighted by Gasteiger charge is 2.24. The highest BCUT2D eigenvalue weighted by Crippen LogP contribution is 2.20. The molecule has 2 rings (SSSR count). The Bertz CT molecular complexity index is 746. The van der Waals surface area contributed by atoms with Gasteiger partial charge < -0.3 is 4.74 Å². The van der Waals surface area contributed by atoms with Crippen molar-refractivity contribution in [3.63, 3.8) is 0 Å². The van der Waals surface area contributed by atoms with Crippen LogP contribution in [0.3, 0.4) is 0 Å². The fourth-order valence-corrected chi connectivity index (χ4v) is 3.69. The van der Waals surface area contributed by atoms with Gasteiger partial charge in [0.25, 0.3) is 0 Å². The van der Waals surface area contributed by atoms with Crippen LogP contribution in [0.4, 0.5) is 0 Å². The third-order valence-corrected chi connectivity index (χ3v) is 5.61. The number of benzene rings is 1. The lowest BCUT2D eigenvalue weighted by molar-refractivity contribution is 0.177. The van der Waals surface area contributed by atoms with Gasteiger partial charge in [-0.15, -0.1) is 0 Å². The summed E-state index contributed by atoms with van der Waals surface area (Å²) >= 11 is 0. The van der Waals surface area contributed by atoms with Crippen molar-refractivity contribution in [3.05, 3.63) is 59.4 Å². The lowest BCUT2D eigenvalue weighted by atomic mass is 10.1. The van der Waals surface area contributed by atoms with E-state index >= 15 is 0 Å². The molecule has 0 amide bonds. The fourth-order valence-electron chi connectivity index (χ4n) is 2.19. The van der Waals surface area contributed by atoms with Crippen molar-refractivity contribution >= 4 is 10.0 Å². The Kier molecular flexibility index (Phi) is 5.87. The van der Waals surface area contributed by atoms with Gasteiger partial charge in [-0.2, -0.15) is 4.31 Å². The second-order valence-corrected chi connectivity index (χ2v) is 7.37. The molecule has 0 saturated carbocycles. The first-order chi connectivity index (χ1) is 10.9. The van der Waals surface area contributed by atoms with Gasteiger partial charge in [-0.25, -0.2) is 8.42 Å². The molecule has 0 bridgehead atoms. The molecule has 1 heterocycles. The van der Waals surface area contributed by atoms with E-state index in [0.717, 1.165) is 16.7 Å². The number of nitrogens with zero attached hydrogens (tertiary/aromatic N) is 2. The standard InChI is InChI=1S/C17H22N2O3S/c1-14-4-5-17(12-15(14)2)23(20,21)19(10-11-22-3)13-16-6-8-18-9-7-16/h4-9,12H,10-11,13H2,1-3H3. The lowest BCUT2D eigenvalue weighted by Gasteiger charge is -2.22. The molecule has 0 fully saturated rings. The molecule has 0 N–H and O–H groups in total. The van der Waals surface area contributed by atoms with Gasteiger partial charge in [0.2, 0.25) is 10.0 Å². The van der Waals surface area contributed by atoms with Crippen LogP contribution in [-0.4, -0.2) is 38.0 Å². The maximum Gasteiger partial charge on any atom is 0.243 e. The lowest BCUT2D eigenvalue weighted by Crippen LogP contribution is -2.33. The maximum absolute atomic E-state index is 13.0. The molecule has 0 aliphatic heterocycles. The second-order valence-electron chi connectivity index (χ2n) is 5.43. The Morgan fingerprint density at radius 1 is 1.09 bits per heavy atom. The molecule has 23 heavy (non-hydrogen) atoms. The summed E-state index contributed by atoms with van der Waals surface area (Å²) in [5, 5.41) is 0. The smallest absolute Gasteiger partial charge is 0.243 e. The molecule has 1 aromatic heterocycles. The van der Waals surface area contributed by atoms with Gasteiger partial charge in [-0.3, -0.25) is 4.98 Å². The molecule has 0 spiro atoms. The molecule has 0 saturated heterocycles. The van der Waals surface area contributed by atoms with E-state index < -0.39 is 10.0 Å². The third-order valence-electron chi connectivity index (χ3n) is 3.77. The molecule has 0 unspecified atom stereocenters. The summed E-state index contributed by atoms with van der Waals surface area (Å²) in [5.41, 5.74) is 2.92. The van der Waals surface area contributed by atoms with Crippen molar-refractivity contribution in [2.45, 2.75) is 25.3 Å². The van der Waals surface area contributed by atoms with Crippen LogP contribution in [0.5, 0.6) is 0 Å². The van der Waals surface area contributed by atoms with Crippen molar-refractivity contribution in [2.75, 3.05) is 20.3 Å². The molecule has 5 nitrogen and oxygen atoms in total. The Morgan fingerprint density at radius 2 is 1.78 bits per heavy atom. The number of sulfonamides is 1. The predicted molar refractivity (Wildman–Crippen MR) is 89.6 cm³/mol. The van der Waals surface area contributed by atoms with Crippen LogP contribution in [0.25, 0.3) is 0 Å².